The van der Waals surface area contributed by atoms with Gasteiger partial charge >= 0.3 is 6.18 Å². The number of halogens is 4. The van der Waals surface area contributed by atoms with Crippen LogP contribution >= 0.6 is 11.6 Å². The van der Waals surface area contributed by atoms with E-state index < -0.39 is 17.6 Å². The Morgan fingerprint density at radius 3 is 2.55 bits per heavy atom. The van der Waals surface area contributed by atoms with E-state index in [1.807, 2.05) is 0 Å². The Kier molecular flexibility index (Phi) is 3.58. The van der Waals surface area contributed by atoms with E-state index in [0.29, 0.717) is 0 Å². The van der Waals surface area contributed by atoms with Gasteiger partial charge in [0, 0.05) is 16.8 Å². The normalized spacial score (nSPS) is 11.4. The fourth-order valence-electron chi connectivity index (χ4n) is 1.48. The molecule has 1 aromatic heterocycles. The van der Waals surface area contributed by atoms with Gasteiger partial charge in [0.15, 0.2) is 0 Å². The highest BCUT2D eigenvalue weighted by Crippen LogP contribution is 2.33. The van der Waals surface area contributed by atoms with E-state index in [1.54, 1.807) is 0 Å². The summed E-state index contributed by atoms with van der Waals surface area (Å²) in [6.45, 7) is 0. The zero-order valence-corrected chi connectivity index (χ0v) is 10.5. The number of benzene rings is 1. The number of alkyl halides is 3. The largest absolute Gasteiger partial charge is 0.416 e. The van der Waals surface area contributed by atoms with Crippen molar-refractivity contribution in [1.82, 2.24) is 10.2 Å². The molecule has 0 unspecified atom stereocenters. The van der Waals surface area contributed by atoms with Crippen molar-refractivity contribution >= 4 is 29.0 Å². The Morgan fingerprint density at radius 2 is 2.00 bits per heavy atom. The first-order valence-electron chi connectivity index (χ1n) is 5.26. The molecule has 0 saturated heterocycles. The first-order chi connectivity index (χ1) is 9.25. The third-order valence-corrected chi connectivity index (χ3v) is 2.54. The van der Waals surface area contributed by atoms with E-state index >= 15 is 0 Å². The van der Waals surface area contributed by atoms with Crippen molar-refractivity contribution in [3.05, 3.63) is 40.5 Å². The second-order valence-electron chi connectivity index (χ2n) is 3.89. The number of carbonyl (C=O) groups excluding carboxylic acids is 1. The van der Waals surface area contributed by atoms with Gasteiger partial charge in [0.25, 0.3) is 5.91 Å². The van der Waals surface area contributed by atoms with Crippen LogP contribution in [0.3, 0.4) is 0 Å². The second-order valence-corrected chi connectivity index (χ2v) is 4.32. The minimum atomic E-state index is -4.55. The molecule has 2 aromatic rings. The van der Waals surface area contributed by atoms with Gasteiger partial charge in [-0.15, -0.1) is 0 Å². The monoisotopic (exact) mass is 304 g/mol. The van der Waals surface area contributed by atoms with E-state index in [9.17, 15) is 18.0 Å². The molecular weight excluding hydrogens is 297 g/mol. The van der Waals surface area contributed by atoms with Crippen LogP contribution in [0.15, 0.2) is 24.3 Å². The lowest BCUT2D eigenvalue weighted by molar-refractivity contribution is -0.137. The molecule has 106 valence electrons. The number of hydrogen-bond acceptors (Lipinski definition) is 3. The number of nitrogens with two attached hydrogens (primary N) is 1. The second kappa shape index (κ2) is 5.04. The first-order valence-corrected chi connectivity index (χ1v) is 5.63. The zero-order chi connectivity index (χ0) is 14.9. The molecule has 0 aliphatic rings. The van der Waals surface area contributed by atoms with Gasteiger partial charge in [0.2, 0.25) is 0 Å². The van der Waals surface area contributed by atoms with Crippen LogP contribution in [0, 0.1) is 0 Å². The standard InChI is InChI=1S/C11H8ClF3N4O/c12-6-1-5(11(13,14)15)2-7(3-6)17-10(20)8-4-9(16)19-18-8/h1-4H,(H,17,20)(H3,16,18,19). The Balaban J connectivity index is 2.25. The van der Waals surface area contributed by atoms with Crippen molar-refractivity contribution in [3.63, 3.8) is 0 Å². The van der Waals surface area contributed by atoms with Crippen LogP contribution in [0.2, 0.25) is 5.02 Å². The average Bonchev–Trinajstić information content (AvgIpc) is 2.74. The summed E-state index contributed by atoms with van der Waals surface area (Å²) >= 11 is 5.60. The summed E-state index contributed by atoms with van der Waals surface area (Å²) in [7, 11) is 0. The summed E-state index contributed by atoms with van der Waals surface area (Å²) in [5.41, 5.74) is 4.31. The number of anilines is 2. The van der Waals surface area contributed by atoms with Crippen molar-refractivity contribution in [2.24, 2.45) is 0 Å². The molecule has 4 N–H and O–H groups in total. The number of carbonyl (C=O) groups is 1. The number of aromatic nitrogens is 2. The summed E-state index contributed by atoms with van der Waals surface area (Å²) < 4.78 is 37.8. The third-order valence-electron chi connectivity index (χ3n) is 2.33. The molecule has 20 heavy (non-hydrogen) atoms. The number of rotatable bonds is 2. The summed E-state index contributed by atoms with van der Waals surface area (Å²) in [5, 5.41) is 8.02. The highest BCUT2D eigenvalue weighted by molar-refractivity contribution is 6.31. The maximum absolute atomic E-state index is 12.6. The summed E-state index contributed by atoms with van der Waals surface area (Å²) in [6.07, 6.45) is -4.55. The van der Waals surface area contributed by atoms with Crippen LogP contribution in [0.25, 0.3) is 0 Å². The smallest absolute Gasteiger partial charge is 0.382 e. The number of nitrogen functional groups attached to an aromatic ring is 1. The third kappa shape index (κ3) is 3.21. The van der Waals surface area contributed by atoms with Crippen molar-refractivity contribution in [2.45, 2.75) is 6.18 Å². The Morgan fingerprint density at radius 1 is 1.30 bits per heavy atom. The fraction of sp³-hybridized carbons (Fsp3) is 0.0909. The minimum Gasteiger partial charge on any atom is -0.382 e. The maximum atomic E-state index is 12.6. The molecule has 0 radical (unpaired) electrons. The SMILES string of the molecule is Nc1cc(C(=O)Nc2cc(Cl)cc(C(F)(F)F)c2)[nH]n1. The topological polar surface area (TPSA) is 83.8 Å². The maximum Gasteiger partial charge on any atom is 0.416 e. The lowest BCUT2D eigenvalue weighted by atomic mass is 10.2. The van der Waals surface area contributed by atoms with Gasteiger partial charge in [-0.25, -0.2) is 0 Å². The molecule has 0 aliphatic carbocycles. The van der Waals surface area contributed by atoms with Crippen LogP contribution < -0.4 is 11.1 Å². The number of hydrogen-bond donors (Lipinski definition) is 3. The van der Waals surface area contributed by atoms with Gasteiger partial charge in [0.1, 0.15) is 11.5 Å². The predicted octanol–water partition coefficient (Wildman–Crippen LogP) is 2.92. The van der Waals surface area contributed by atoms with Crippen molar-refractivity contribution in [1.29, 1.82) is 0 Å². The van der Waals surface area contributed by atoms with E-state index in [4.69, 9.17) is 17.3 Å². The number of nitrogens with zero attached hydrogens (tertiary/aromatic N) is 1. The van der Waals surface area contributed by atoms with E-state index in [-0.39, 0.29) is 22.2 Å². The molecule has 0 aliphatic heterocycles. The average molecular weight is 305 g/mol. The molecular formula is C11H8ClF3N4O. The van der Waals surface area contributed by atoms with Gasteiger partial charge in [-0.1, -0.05) is 11.6 Å². The van der Waals surface area contributed by atoms with Crippen LogP contribution in [-0.4, -0.2) is 16.1 Å². The van der Waals surface area contributed by atoms with E-state index in [0.717, 1.165) is 12.1 Å². The number of aromatic amines is 1. The molecule has 9 heteroatoms. The number of nitrogens with one attached hydrogen (secondary N) is 2. The van der Waals surface area contributed by atoms with Crippen LogP contribution in [0.1, 0.15) is 16.1 Å². The van der Waals surface area contributed by atoms with Crippen molar-refractivity contribution in [2.75, 3.05) is 11.1 Å². The van der Waals surface area contributed by atoms with E-state index in [1.165, 1.54) is 12.1 Å². The van der Waals surface area contributed by atoms with Crippen molar-refractivity contribution < 1.29 is 18.0 Å². The van der Waals surface area contributed by atoms with Gasteiger partial charge in [-0.2, -0.15) is 18.3 Å². The Labute approximate surface area is 115 Å². The molecule has 1 aromatic carbocycles. The molecule has 0 bridgehead atoms. The summed E-state index contributed by atoms with van der Waals surface area (Å²) in [5.74, 6) is -0.582. The molecule has 2 rings (SSSR count). The first kappa shape index (κ1) is 14.2. The van der Waals surface area contributed by atoms with E-state index in [2.05, 4.69) is 15.5 Å². The van der Waals surface area contributed by atoms with Crippen LogP contribution in [-0.2, 0) is 6.18 Å². The van der Waals surface area contributed by atoms with Gasteiger partial charge in [0.05, 0.1) is 5.56 Å². The lowest BCUT2D eigenvalue weighted by Gasteiger charge is -2.10. The van der Waals surface area contributed by atoms with Gasteiger partial charge in [-0.05, 0) is 18.2 Å². The predicted molar refractivity (Wildman–Crippen MR) is 67.4 cm³/mol. The highest BCUT2D eigenvalue weighted by Gasteiger charge is 2.31. The minimum absolute atomic E-state index is 0.0241. The summed E-state index contributed by atoms with van der Waals surface area (Å²) in [4.78, 5) is 11.7. The summed E-state index contributed by atoms with van der Waals surface area (Å²) in [6, 6.07) is 4.01. The highest BCUT2D eigenvalue weighted by atomic mass is 35.5. The number of H-pyrrole nitrogens is 1. The molecule has 0 atom stereocenters. The van der Waals surface area contributed by atoms with Gasteiger partial charge < -0.3 is 11.1 Å². The fourth-order valence-corrected chi connectivity index (χ4v) is 1.71. The Hall–Kier alpha value is -2.22. The van der Waals surface area contributed by atoms with Crippen LogP contribution in [0.5, 0.6) is 0 Å². The quantitative estimate of drug-likeness (QED) is 0.797. The van der Waals surface area contributed by atoms with Crippen molar-refractivity contribution in [3.8, 4) is 0 Å². The van der Waals surface area contributed by atoms with Gasteiger partial charge in [-0.3, -0.25) is 9.89 Å². The Bertz CT molecular complexity index is 653. The lowest BCUT2D eigenvalue weighted by Crippen LogP contribution is -2.13. The van der Waals surface area contributed by atoms with Crippen LogP contribution in [0.4, 0.5) is 24.7 Å². The number of amides is 1. The molecule has 1 heterocycles. The molecule has 5 nitrogen and oxygen atoms in total. The molecule has 1 amide bonds. The zero-order valence-electron chi connectivity index (χ0n) is 9.75. The molecule has 0 spiro atoms. The molecule has 0 saturated carbocycles. The molecule has 0 fully saturated rings.